The standard InChI is InChI=1S/C16H32/c1-3-5-7-9-11-13-15-16-14-12-10-8-6-4-2/h3H,1,4-16H2,2H3/i1D2,2D3,3D,4D2,5D2,6D2,7D2,8D2,9D2,10D2,11D2,12D2,13D2,14D2,15D2,16D2. The Bertz CT molecular complexity index is 1220. The van der Waals surface area contributed by atoms with Crippen LogP contribution in [0.2, 0.25) is 0 Å². The molecule has 16 heavy (non-hydrogen) atoms. The summed E-state index contributed by atoms with van der Waals surface area (Å²) < 4.78 is 251. The van der Waals surface area contributed by atoms with Gasteiger partial charge in [-0.2, -0.15) is 0 Å². The lowest BCUT2D eigenvalue weighted by Crippen LogP contribution is -1.82. The summed E-state index contributed by atoms with van der Waals surface area (Å²) in [5.74, 6) is 0. The Kier molecular flexibility index (Phi) is 1.44. The summed E-state index contributed by atoms with van der Waals surface area (Å²) in [5.41, 5.74) is 0. The topological polar surface area (TPSA) is 0 Å². The summed E-state index contributed by atoms with van der Waals surface area (Å²) in [5, 5.41) is 0. The molecule has 0 saturated carbocycles. The molecule has 0 amide bonds. The van der Waals surface area contributed by atoms with Crippen LogP contribution in [-0.4, -0.2) is 0 Å². The van der Waals surface area contributed by atoms with E-state index in [9.17, 15) is 0 Å². The van der Waals surface area contributed by atoms with Gasteiger partial charge in [-0.1, -0.05) is 83.0 Å². The lowest BCUT2D eigenvalue weighted by atomic mass is 10.0. The molecule has 0 heterocycles. The van der Waals surface area contributed by atoms with Gasteiger partial charge in [0, 0.05) is 39.8 Å². The van der Waals surface area contributed by atoms with Crippen molar-refractivity contribution in [2.75, 3.05) is 0 Å². The van der Waals surface area contributed by atoms with Crippen molar-refractivity contribution < 1.29 is 43.9 Å². The maximum atomic E-state index is 8.14. The lowest BCUT2D eigenvalue weighted by molar-refractivity contribution is 0.545. The molecule has 0 aliphatic heterocycles. The van der Waals surface area contributed by atoms with E-state index in [0.717, 1.165) is 0 Å². The van der Waals surface area contributed by atoms with Crippen LogP contribution in [0, 0.1) is 0 Å². The van der Waals surface area contributed by atoms with Crippen molar-refractivity contribution in [2.45, 2.75) is 89.7 Å². The summed E-state index contributed by atoms with van der Waals surface area (Å²) in [7, 11) is 0. The molecule has 96 valence electrons. The minimum absolute atomic E-state index is 1.75. The first-order valence-corrected chi connectivity index (χ1v) is 3.75. The molecule has 0 N–H and O–H groups in total. The zero-order valence-corrected chi connectivity index (χ0v) is 8.00. The third kappa shape index (κ3) is 13.7. The van der Waals surface area contributed by atoms with Crippen molar-refractivity contribution in [3.05, 3.63) is 12.6 Å². The van der Waals surface area contributed by atoms with Crippen LogP contribution in [0.4, 0.5) is 0 Å². The lowest BCUT2D eigenvalue weighted by Gasteiger charge is -2.02. The fraction of sp³-hybridized carbons (Fsp3) is 0.875. The summed E-state index contributed by atoms with van der Waals surface area (Å²) in [6, 6.07) is -1.91. The molecule has 0 heteroatoms. The first-order chi connectivity index (χ1) is 20.1. The van der Waals surface area contributed by atoms with Crippen molar-refractivity contribution in [3.63, 3.8) is 0 Å². The van der Waals surface area contributed by atoms with Gasteiger partial charge in [0.25, 0.3) is 0 Å². The van der Waals surface area contributed by atoms with Gasteiger partial charge in [-0.3, -0.25) is 0 Å². The molecule has 0 aromatic rings. The van der Waals surface area contributed by atoms with E-state index in [4.69, 9.17) is 43.9 Å². The average Bonchev–Trinajstić information content (AvgIpc) is 2.85. The second-order valence-electron chi connectivity index (χ2n) is 1.75. The molecule has 0 fully saturated rings. The van der Waals surface area contributed by atoms with Crippen molar-refractivity contribution in [1.82, 2.24) is 0 Å². The van der Waals surface area contributed by atoms with Crippen LogP contribution in [0.1, 0.15) is 134 Å². The highest BCUT2D eigenvalue weighted by Crippen LogP contribution is 2.12. The fourth-order valence-corrected chi connectivity index (χ4v) is 0.375. The normalized spacial score (nSPS) is 52.2. The van der Waals surface area contributed by atoms with Crippen LogP contribution in [-0.2, 0) is 0 Å². The van der Waals surface area contributed by atoms with Gasteiger partial charge in [-0.05, 0) is 12.7 Å². The van der Waals surface area contributed by atoms with Gasteiger partial charge in [0.1, 0.15) is 0 Å². The van der Waals surface area contributed by atoms with E-state index in [1.165, 1.54) is 0 Å². The minimum Gasteiger partial charge on any atom is -0.103 e. The minimum atomic E-state index is -5.06. The highest BCUT2D eigenvalue weighted by molar-refractivity contribution is 4.65. The summed E-state index contributed by atoms with van der Waals surface area (Å²) in [6.07, 6.45) is -62.2. The van der Waals surface area contributed by atoms with E-state index in [0.29, 0.717) is 0 Å². The molecule has 0 saturated heterocycles. The second-order valence-corrected chi connectivity index (χ2v) is 1.75. The Hall–Kier alpha value is -0.260. The molecule has 0 bridgehead atoms. The predicted octanol–water partition coefficient (Wildman–Crippen LogP) is 6.26. The van der Waals surface area contributed by atoms with Crippen LogP contribution in [0.5, 0.6) is 0 Å². The fourth-order valence-electron chi connectivity index (χ4n) is 0.375. The van der Waals surface area contributed by atoms with Crippen molar-refractivity contribution in [1.29, 1.82) is 0 Å². The van der Waals surface area contributed by atoms with E-state index in [1.54, 1.807) is 0 Å². The first-order valence-electron chi connectivity index (χ1n) is 19.8. The molecule has 0 atom stereocenters. The number of rotatable bonds is 13. The first kappa shape index (κ1) is 1.57. The quantitative estimate of drug-likeness (QED) is 0.341. The molecule has 0 aromatic heterocycles. The van der Waals surface area contributed by atoms with Gasteiger partial charge >= 0.3 is 0 Å². The maximum Gasteiger partial charge on any atom is 0.0570 e. The van der Waals surface area contributed by atoms with E-state index < -0.39 is 102 Å². The zero-order valence-electron chi connectivity index (χ0n) is 40.0. The Morgan fingerprint density at radius 3 is 1.94 bits per heavy atom. The molecule has 0 radical (unpaired) electrons. The van der Waals surface area contributed by atoms with Crippen molar-refractivity contribution in [2.24, 2.45) is 0 Å². The molecule has 0 nitrogen and oxygen atoms in total. The van der Waals surface area contributed by atoms with Gasteiger partial charge in [0.15, 0.2) is 0 Å². The smallest absolute Gasteiger partial charge is 0.0570 e. The number of allylic oxidation sites excluding steroid dienone is 1. The van der Waals surface area contributed by atoms with E-state index >= 15 is 0 Å². The Balaban J connectivity index is 7.65. The van der Waals surface area contributed by atoms with Crippen LogP contribution in [0.3, 0.4) is 0 Å². The molecule has 0 rings (SSSR count). The average molecular weight is 257 g/mol. The van der Waals surface area contributed by atoms with Crippen LogP contribution in [0.25, 0.3) is 0 Å². The maximum absolute atomic E-state index is 8.14. The largest absolute Gasteiger partial charge is 0.103 e. The Morgan fingerprint density at radius 1 is 0.938 bits per heavy atom. The van der Waals surface area contributed by atoms with Crippen molar-refractivity contribution in [3.8, 4) is 0 Å². The van der Waals surface area contributed by atoms with Gasteiger partial charge in [0.2, 0.25) is 0 Å². The number of hydrogen-bond acceptors (Lipinski definition) is 0. The van der Waals surface area contributed by atoms with E-state index in [-0.39, 0.29) is 0 Å². The van der Waals surface area contributed by atoms with E-state index in [2.05, 4.69) is 0 Å². The molecule has 0 aliphatic rings. The molecule has 0 aromatic carbocycles. The van der Waals surface area contributed by atoms with Crippen molar-refractivity contribution >= 4 is 0 Å². The highest BCUT2D eigenvalue weighted by atomic mass is 14.0. The molecule has 0 aliphatic carbocycles. The number of hydrogen-bond donors (Lipinski definition) is 0. The highest BCUT2D eigenvalue weighted by Gasteiger charge is 1.92. The van der Waals surface area contributed by atoms with Gasteiger partial charge in [-0.15, -0.1) is 6.53 Å². The predicted molar refractivity (Wildman–Crippen MR) is 75.9 cm³/mol. The molecular weight excluding hydrogens is 192 g/mol. The van der Waals surface area contributed by atoms with Crippen LogP contribution < -0.4 is 0 Å². The zero-order chi connectivity index (χ0) is 40.2. The van der Waals surface area contributed by atoms with E-state index in [1.807, 2.05) is 0 Å². The summed E-state index contributed by atoms with van der Waals surface area (Å²) in [6.45, 7) is -5.84. The SMILES string of the molecule is [2H]C([2H])=C([2H])C([2H])([2H])C([2H])([2H])C([2H])([2H])C([2H])([2H])C([2H])([2H])C([2H])([2H])C([2H])([2H])C([2H])([2H])C([2H])([2H])C([2H])([2H])C([2H])([2H])C([2H])([2H])C([2H])([2H])C([2H])([2H])[2H]. The third-order valence-electron chi connectivity index (χ3n) is 0.812. The molecule has 0 spiro atoms. The van der Waals surface area contributed by atoms with Gasteiger partial charge < -0.3 is 0 Å². The summed E-state index contributed by atoms with van der Waals surface area (Å²) in [4.78, 5) is 0. The third-order valence-corrected chi connectivity index (χ3v) is 0.812. The Morgan fingerprint density at radius 2 is 1.44 bits per heavy atom. The molecule has 0 unspecified atom stereocenters. The second kappa shape index (κ2) is 14.7. The monoisotopic (exact) mass is 256 g/mol. The molecular formula is C16H32. The van der Waals surface area contributed by atoms with Crippen LogP contribution in [0.15, 0.2) is 12.6 Å². The van der Waals surface area contributed by atoms with Gasteiger partial charge in [0.05, 0.1) is 4.11 Å². The van der Waals surface area contributed by atoms with Crippen LogP contribution >= 0.6 is 0 Å². The van der Waals surface area contributed by atoms with Gasteiger partial charge in [-0.25, -0.2) is 0 Å². The summed E-state index contributed by atoms with van der Waals surface area (Å²) >= 11 is 0. The Labute approximate surface area is 148 Å².